The number of carboxylic acid groups (broad SMARTS) is 1. The quantitative estimate of drug-likeness (QED) is 0.0229. The van der Waals surface area contributed by atoms with Crippen molar-refractivity contribution in [1.82, 2.24) is 0 Å². The standard InChI is InChI=1S/C53H88O12/c1-4-7-10-13-16-19-20-21-22-23-24-25-26-29-32-35-38-41-47(56)64-51-49(58)48(57)50(52(59)60)65-53(51)62-43-44(63-46(55)40-37-34-31-28-18-15-12-9-6-3)42-61-45(54)39-36-33-30-27-17-14-11-8-5-2/h7,10,16,19,21-22,24-25,29,32,44,48-51,53,57-58H,4-6,8-9,11-15,17-18,20,23,26-28,30-31,33-43H2,1-3H3,(H,59,60)/b10-7-,19-16-,22-21-,25-24-,32-29-. The number of aliphatic hydroxyl groups is 2. The highest BCUT2D eigenvalue weighted by Gasteiger charge is 2.50. The van der Waals surface area contributed by atoms with Gasteiger partial charge >= 0.3 is 23.9 Å². The zero-order valence-electron chi connectivity index (χ0n) is 40.5. The van der Waals surface area contributed by atoms with E-state index in [0.29, 0.717) is 25.7 Å². The molecule has 1 aliphatic heterocycles. The van der Waals surface area contributed by atoms with Crippen molar-refractivity contribution in [3.63, 3.8) is 0 Å². The number of esters is 3. The largest absolute Gasteiger partial charge is 0.479 e. The molecule has 372 valence electrons. The van der Waals surface area contributed by atoms with Crippen molar-refractivity contribution in [2.24, 2.45) is 0 Å². The van der Waals surface area contributed by atoms with E-state index in [1.165, 1.54) is 64.2 Å². The van der Waals surface area contributed by atoms with Gasteiger partial charge in [0.25, 0.3) is 0 Å². The van der Waals surface area contributed by atoms with Gasteiger partial charge in [0.2, 0.25) is 0 Å². The molecule has 6 atom stereocenters. The minimum absolute atomic E-state index is 0.0172. The maximum atomic E-state index is 13.0. The Labute approximate surface area is 392 Å². The van der Waals surface area contributed by atoms with Crippen LogP contribution < -0.4 is 0 Å². The molecule has 3 N–H and O–H groups in total. The summed E-state index contributed by atoms with van der Waals surface area (Å²) in [5.41, 5.74) is 0. The van der Waals surface area contributed by atoms with E-state index >= 15 is 0 Å². The Hall–Kier alpha value is -3.58. The SMILES string of the molecule is CC/C=C\C/C=C\C/C=C\C/C=C\C/C=C\CCCC(=O)OC1C(OCC(COC(=O)CCCCCCCCCCC)OC(=O)CCCCCCCCCCC)OC(C(=O)O)C(O)C1O. The second-order valence-corrected chi connectivity index (χ2v) is 17.1. The van der Waals surface area contributed by atoms with E-state index in [-0.39, 0.29) is 25.9 Å². The number of hydrogen-bond donors (Lipinski definition) is 3. The van der Waals surface area contributed by atoms with Crippen LogP contribution in [-0.4, -0.2) is 89.2 Å². The summed E-state index contributed by atoms with van der Waals surface area (Å²) >= 11 is 0. The molecule has 65 heavy (non-hydrogen) atoms. The van der Waals surface area contributed by atoms with Crippen LogP contribution in [0, 0.1) is 0 Å². The molecule has 12 heteroatoms. The fraction of sp³-hybridized carbons (Fsp3) is 0.736. The lowest BCUT2D eigenvalue weighted by Gasteiger charge is -2.40. The van der Waals surface area contributed by atoms with Gasteiger partial charge < -0.3 is 39.0 Å². The van der Waals surface area contributed by atoms with Crippen molar-refractivity contribution in [1.29, 1.82) is 0 Å². The Kier molecular flexibility index (Phi) is 38.2. The Morgan fingerprint density at radius 1 is 0.523 bits per heavy atom. The van der Waals surface area contributed by atoms with E-state index in [4.69, 9.17) is 23.7 Å². The normalized spacial score (nSPS) is 19.6. The first-order valence-corrected chi connectivity index (χ1v) is 25.3. The molecule has 0 amide bonds. The van der Waals surface area contributed by atoms with Crippen LogP contribution in [0.1, 0.15) is 201 Å². The molecule has 6 unspecified atom stereocenters. The summed E-state index contributed by atoms with van der Waals surface area (Å²) in [5.74, 6) is -3.20. The number of unbranched alkanes of at least 4 members (excludes halogenated alkanes) is 17. The molecule has 1 aliphatic rings. The van der Waals surface area contributed by atoms with Gasteiger partial charge in [-0.3, -0.25) is 14.4 Å². The maximum absolute atomic E-state index is 13.0. The fourth-order valence-corrected chi connectivity index (χ4v) is 7.23. The molecule has 1 heterocycles. The molecule has 1 saturated heterocycles. The van der Waals surface area contributed by atoms with Gasteiger partial charge in [0.05, 0.1) is 6.61 Å². The lowest BCUT2D eigenvalue weighted by atomic mass is 9.98. The molecule has 0 bridgehead atoms. The molecular formula is C53H88O12. The van der Waals surface area contributed by atoms with Gasteiger partial charge in [-0.05, 0) is 57.8 Å². The van der Waals surface area contributed by atoms with Crippen LogP contribution in [0.5, 0.6) is 0 Å². The Morgan fingerprint density at radius 2 is 0.969 bits per heavy atom. The lowest BCUT2D eigenvalue weighted by molar-refractivity contribution is -0.301. The monoisotopic (exact) mass is 917 g/mol. The van der Waals surface area contributed by atoms with Gasteiger partial charge in [0.15, 0.2) is 24.6 Å². The molecule has 0 aromatic heterocycles. The zero-order chi connectivity index (χ0) is 47.6. The topological polar surface area (TPSA) is 175 Å². The minimum atomic E-state index is -1.92. The highest BCUT2D eigenvalue weighted by Crippen LogP contribution is 2.26. The van der Waals surface area contributed by atoms with Crippen LogP contribution in [-0.2, 0) is 42.9 Å². The second kappa shape index (κ2) is 41.8. The van der Waals surface area contributed by atoms with Crippen molar-refractivity contribution in [3.8, 4) is 0 Å². The molecule has 0 spiro atoms. The van der Waals surface area contributed by atoms with Crippen LogP contribution in [0.25, 0.3) is 0 Å². The summed E-state index contributed by atoms with van der Waals surface area (Å²) in [7, 11) is 0. The van der Waals surface area contributed by atoms with Gasteiger partial charge in [-0.2, -0.15) is 0 Å². The Morgan fingerprint density at radius 3 is 1.46 bits per heavy atom. The average molecular weight is 917 g/mol. The van der Waals surface area contributed by atoms with Crippen molar-refractivity contribution in [2.45, 2.75) is 237 Å². The van der Waals surface area contributed by atoms with Crippen LogP contribution in [0.2, 0.25) is 0 Å². The van der Waals surface area contributed by atoms with Gasteiger partial charge in [0, 0.05) is 19.3 Å². The predicted octanol–water partition coefficient (Wildman–Crippen LogP) is 11.7. The van der Waals surface area contributed by atoms with Gasteiger partial charge in [-0.25, -0.2) is 4.79 Å². The molecule has 0 aromatic rings. The predicted molar refractivity (Wildman–Crippen MR) is 257 cm³/mol. The lowest BCUT2D eigenvalue weighted by Crippen LogP contribution is -2.61. The molecule has 0 saturated carbocycles. The Balaban J connectivity index is 2.75. The first-order chi connectivity index (χ1) is 31.6. The van der Waals surface area contributed by atoms with Crippen LogP contribution in [0.4, 0.5) is 0 Å². The van der Waals surface area contributed by atoms with Crippen LogP contribution >= 0.6 is 0 Å². The summed E-state index contributed by atoms with van der Waals surface area (Å²) in [6.45, 7) is 5.77. The van der Waals surface area contributed by atoms with Gasteiger partial charge in [-0.15, -0.1) is 0 Å². The molecule has 0 aliphatic carbocycles. The fourth-order valence-electron chi connectivity index (χ4n) is 7.23. The molecule has 0 radical (unpaired) electrons. The van der Waals surface area contributed by atoms with E-state index in [9.17, 15) is 34.5 Å². The smallest absolute Gasteiger partial charge is 0.335 e. The average Bonchev–Trinajstić information content (AvgIpc) is 3.29. The van der Waals surface area contributed by atoms with Crippen molar-refractivity contribution in [3.05, 3.63) is 60.8 Å². The number of carbonyl (C=O) groups is 4. The zero-order valence-corrected chi connectivity index (χ0v) is 40.5. The third kappa shape index (κ3) is 32.7. The third-order valence-corrected chi connectivity index (χ3v) is 11.1. The first-order valence-electron chi connectivity index (χ1n) is 25.3. The van der Waals surface area contributed by atoms with Crippen LogP contribution in [0.15, 0.2) is 60.8 Å². The molecule has 1 fully saturated rings. The van der Waals surface area contributed by atoms with Gasteiger partial charge in [-0.1, -0.05) is 184 Å². The van der Waals surface area contributed by atoms with E-state index in [1.807, 2.05) is 12.2 Å². The van der Waals surface area contributed by atoms with Crippen LogP contribution in [0.3, 0.4) is 0 Å². The number of carbonyl (C=O) groups excluding carboxylic acids is 3. The molecule has 0 aromatic carbocycles. The molecular weight excluding hydrogens is 829 g/mol. The number of carboxylic acids is 1. The number of hydrogen-bond acceptors (Lipinski definition) is 11. The summed E-state index contributed by atoms with van der Waals surface area (Å²) in [6.07, 6.45) is 36.7. The number of rotatable bonds is 41. The summed E-state index contributed by atoms with van der Waals surface area (Å²) in [4.78, 5) is 50.6. The number of aliphatic carboxylic acids is 1. The highest BCUT2D eigenvalue weighted by molar-refractivity contribution is 5.74. The van der Waals surface area contributed by atoms with Crippen molar-refractivity contribution < 1.29 is 58.2 Å². The van der Waals surface area contributed by atoms with E-state index in [2.05, 4.69) is 69.4 Å². The van der Waals surface area contributed by atoms with Crippen molar-refractivity contribution >= 4 is 23.9 Å². The summed E-state index contributed by atoms with van der Waals surface area (Å²) < 4.78 is 28.1. The maximum Gasteiger partial charge on any atom is 0.335 e. The molecule has 12 nitrogen and oxygen atoms in total. The summed E-state index contributed by atoms with van der Waals surface area (Å²) in [6, 6.07) is 0. The Bertz CT molecular complexity index is 1370. The third-order valence-electron chi connectivity index (χ3n) is 11.1. The first kappa shape index (κ1) is 59.4. The minimum Gasteiger partial charge on any atom is -0.479 e. The van der Waals surface area contributed by atoms with Gasteiger partial charge in [0.1, 0.15) is 18.8 Å². The highest BCUT2D eigenvalue weighted by atomic mass is 16.7. The van der Waals surface area contributed by atoms with E-state index < -0.39 is 67.3 Å². The summed E-state index contributed by atoms with van der Waals surface area (Å²) in [5, 5.41) is 31.2. The van der Waals surface area contributed by atoms with E-state index in [1.54, 1.807) is 0 Å². The second-order valence-electron chi connectivity index (χ2n) is 17.1. The molecule has 1 rings (SSSR count). The number of ether oxygens (including phenoxy) is 5. The van der Waals surface area contributed by atoms with E-state index in [0.717, 1.165) is 70.6 Å². The number of aliphatic hydroxyl groups excluding tert-OH is 2. The number of allylic oxidation sites excluding steroid dienone is 10. The van der Waals surface area contributed by atoms with Crippen molar-refractivity contribution in [2.75, 3.05) is 13.2 Å².